The van der Waals surface area contributed by atoms with Crippen LogP contribution in [0.2, 0.25) is 12.1 Å². The lowest BCUT2D eigenvalue weighted by molar-refractivity contribution is 0.0768. The summed E-state index contributed by atoms with van der Waals surface area (Å²) in [6.45, 7) is 44.4. The van der Waals surface area contributed by atoms with Crippen molar-refractivity contribution in [1.29, 1.82) is 0 Å². The Morgan fingerprint density at radius 1 is 0.302 bits per heavy atom. The summed E-state index contributed by atoms with van der Waals surface area (Å²) in [7, 11) is -2.11. The molecular weight excluding hydrogens is 1800 g/mol. The molecule has 139 heavy (non-hydrogen) atoms. The van der Waals surface area contributed by atoms with E-state index in [0.29, 0.717) is 5.91 Å². The van der Waals surface area contributed by atoms with Gasteiger partial charge in [0.05, 0.1) is 26.4 Å². The van der Waals surface area contributed by atoms with Gasteiger partial charge in [0.15, 0.2) is 0 Å². The minimum atomic E-state index is -2.11. The van der Waals surface area contributed by atoms with Crippen molar-refractivity contribution >= 4 is 102 Å². The quantitative estimate of drug-likeness (QED) is 0.0282. The van der Waals surface area contributed by atoms with E-state index in [-0.39, 0.29) is 17.2 Å². The highest BCUT2D eigenvalue weighted by Crippen LogP contribution is 2.58. The van der Waals surface area contributed by atoms with Crippen LogP contribution in [0, 0.1) is 53.4 Å². The molecule has 4 aliphatic heterocycles. The first-order valence-corrected chi connectivity index (χ1v) is 64.6. The van der Waals surface area contributed by atoms with Crippen molar-refractivity contribution in [3.05, 3.63) is 159 Å². The molecule has 0 spiro atoms. The van der Waals surface area contributed by atoms with Crippen molar-refractivity contribution in [3.63, 3.8) is 0 Å². The Morgan fingerprint density at radius 2 is 0.626 bits per heavy atom. The zero-order valence-electron chi connectivity index (χ0n) is 91.0. The van der Waals surface area contributed by atoms with Gasteiger partial charge in [-0.2, -0.15) is 0 Å². The first kappa shape index (κ1) is 112. The molecule has 764 valence electrons. The van der Waals surface area contributed by atoms with E-state index in [1.54, 1.807) is 36.5 Å². The summed E-state index contributed by atoms with van der Waals surface area (Å²) < 4.78 is 3.09. The number of hydrogen-bond acceptors (Lipinski definition) is 8. The molecule has 1 aliphatic carbocycles. The summed E-state index contributed by atoms with van der Waals surface area (Å²) in [5.74, 6) is 2.38. The van der Waals surface area contributed by atoms with E-state index in [4.69, 9.17) is 0 Å². The normalized spacial score (nSPS) is 15.3. The number of carbonyl (C=O) groups is 3. The largest absolute Gasteiger partial charge is 0.334 e. The lowest BCUT2D eigenvalue weighted by Crippen LogP contribution is -2.57. The minimum Gasteiger partial charge on any atom is -0.334 e. The van der Waals surface area contributed by atoms with Crippen molar-refractivity contribution in [1.82, 2.24) is 14.7 Å². The predicted molar refractivity (Wildman–Crippen MR) is 618 cm³/mol. The molecule has 6 nitrogen and oxygen atoms in total. The lowest BCUT2D eigenvalue weighted by atomic mass is 9.70. The van der Waals surface area contributed by atoms with E-state index in [0.717, 1.165) is 93.5 Å². The van der Waals surface area contributed by atoms with Gasteiger partial charge in [-0.15, -0.1) is 56.7 Å². The highest BCUT2D eigenvalue weighted by Gasteiger charge is 2.49. The van der Waals surface area contributed by atoms with Crippen LogP contribution >= 0.6 is 56.7 Å². The predicted octanol–water partition coefficient (Wildman–Crippen LogP) is 39.9. The number of benzene rings is 4. The molecule has 2 atom stereocenters. The third-order valence-corrected chi connectivity index (χ3v) is 44.8. The van der Waals surface area contributed by atoms with E-state index < -0.39 is 8.07 Å². The molecule has 12 heteroatoms. The third kappa shape index (κ3) is 28.2. The highest BCUT2D eigenvalue weighted by atomic mass is 32.1. The first-order chi connectivity index (χ1) is 67.8. The van der Waals surface area contributed by atoms with Gasteiger partial charge in [-0.25, -0.2) is 0 Å². The van der Waals surface area contributed by atoms with Gasteiger partial charge >= 0.3 is 0 Å². The average Bonchev–Trinajstić information content (AvgIpc) is 1.56. The van der Waals surface area contributed by atoms with Crippen molar-refractivity contribution in [2.24, 2.45) is 11.8 Å². The third-order valence-electron chi connectivity index (χ3n) is 33.0. The van der Waals surface area contributed by atoms with Crippen molar-refractivity contribution in [2.45, 2.75) is 502 Å². The van der Waals surface area contributed by atoms with Gasteiger partial charge in [0.1, 0.15) is 8.07 Å². The molecule has 5 aromatic heterocycles. The van der Waals surface area contributed by atoms with Gasteiger partial charge in [0.25, 0.3) is 17.7 Å². The van der Waals surface area contributed by atoms with E-state index >= 15 is 0 Å². The molecule has 14 rings (SSSR count). The standard InChI is InChI=1S/C45H65NOS.C44H65NOSSi.C38H59NOS3/c1-6-9-12-15-18-21-28-45(29-22-19-16-13-10-7-2)40-31-34(4)24-26-37(40)38-27-25-36(32-41(38)45)43-42-39(35(5)48-43)33-46(44(42)47)30-23-20-17-14-11-8-3;1-8-13-16-17-18-19-26-45-29-39-33(7)47-43(42(39)44(45)46)36-23-25-38-37-24-22-32(6)27-40(37)48(41(38)28-36,30-34(11-4)20-14-9-2)31-35(12-5)21-15-10-3;1-6-9-12-15-18-21-24-30-28(4)41-35-31(25-22-19-16-13-10-7-2)36(43-34(30)35)37-33-32(29(5)42-37)27-39(38(33)40)26-23-20-17-14-11-8-3/h24-27,31-32H,6-23,28-30,33H2,1-5H3;22-25,27-28,34-35H,8-21,26,29-31H2,1-7H3;6-27H2,1-5H3. The molecule has 0 fully saturated rings. The monoisotopic (exact) mass is 1990 g/mol. The summed E-state index contributed by atoms with van der Waals surface area (Å²) in [6.07, 6.45) is 70.1. The van der Waals surface area contributed by atoms with Crippen LogP contribution in [0.1, 0.15) is 511 Å². The van der Waals surface area contributed by atoms with Gasteiger partial charge in [-0.3, -0.25) is 14.4 Å². The van der Waals surface area contributed by atoms with Gasteiger partial charge in [-0.05, 0) is 212 Å². The molecule has 0 saturated carbocycles. The molecule has 5 aliphatic rings. The Morgan fingerprint density at radius 3 is 1.04 bits per heavy atom. The van der Waals surface area contributed by atoms with Crippen LogP contribution in [-0.4, -0.2) is 60.1 Å². The fraction of sp³-hybridized carbons (Fsp3) is 0.646. The lowest BCUT2D eigenvalue weighted by Gasteiger charge is -2.37. The molecule has 3 amide bonds. The van der Waals surface area contributed by atoms with E-state index in [1.807, 2.05) is 56.7 Å². The zero-order valence-corrected chi connectivity index (χ0v) is 96.1. The van der Waals surface area contributed by atoms with Crippen LogP contribution < -0.4 is 10.4 Å². The molecule has 9 aromatic rings. The van der Waals surface area contributed by atoms with Crippen LogP contribution in [0.15, 0.2) is 72.8 Å². The van der Waals surface area contributed by atoms with Crippen LogP contribution in [-0.2, 0) is 37.9 Å². The van der Waals surface area contributed by atoms with Crippen LogP contribution in [0.4, 0.5) is 0 Å². The number of amides is 3. The Balaban J connectivity index is 0.000000187. The highest BCUT2D eigenvalue weighted by molar-refractivity contribution is 7.32. The number of nitrogens with zero attached hydrogens (tertiary/aromatic N) is 3. The zero-order chi connectivity index (χ0) is 98.8. The number of aryl methyl sites for hydroxylation is 8. The number of rotatable bonds is 64. The Kier molecular flexibility index (Phi) is 46.3. The fourth-order valence-corrected chi connectivity index (χ4v) is 37.8. The molecule has 0 N–H and O–H groups in total. The molecule has 0 radical (unpaired) electrons. The van der Waals surface area contributed by atoms with Crippen molar-refractivity contribution in [3.8, 4) is 52.9 Å². The average molecular weight is 1990 g/mol. The molecular formula is C127H189N3O3S5Si. The minimum absolute atomic E-state index is 0.0610. The summed E-state index contributed by atoms with van der Waals surface area (Å²) >= 11 is 9.71. The number of fused-ring (bicyclic) bond motifs is 10. The summed E-state index contributed by atoms with van der Waals surface area (Å²) in [5, 5.41) is 3.40. The SMILES string of the molecule is CCCCCCCCN1Cc2c(C)sc(-c3ccc4c(c3)C(CCCCCCCC)(CCCCCCCC)c3cc(C)ccc3-4)c2C1=O.CCCCCCCCN1Cc2c(C)sc(-c3ccc4c(c3)[Si](CC(CC)CCCC)(CC(CC)CCCC)c3cc(C)ccc3-4)c2C1=O.CCCCCCCCc1c(C)sc2c(CCCCCCCC)c(-c3sc(C)c4c3C(=O)N(CCCCCCCC)C4)sc12. The van der Waals surface area contributed by atoms with Gasteiger partial charge in [-0.1, -0.05) is 443 Å². The van der Waals surface area contributed by atoms with Crippen LogP contribution in [0.5, 0.6) is 0 Å². The molecule has 0 saturated heterocycles. The molecule has 9 heterocycles. The number of hydrogen-bond donors (Lipinski definition) is 0. The number of carbonyl (C=O) groups excluding carboxylic acids is 3. The van der Waals surface area contributed by atoms with E-state index in [1.165, 1.54) is 439 Å². The number of thiophene rings is 5. The van der Waals surface area contributed by atoms with Crippen molar-refractivity contribution < 1.29 is 14.4 Å². The maximum Gasteiger partial charge on any atom is 0.256 e. The number of unbranched alkanes of at least 4 members (excludes halogenated alkanes) is 37. The Hall–Kier alpha value is -5.73. The van der Waals surface area contributed by atoms with Crippen molar-refractivity contribution in [2.75, 3.05) is 19.6 Å². The summed E-state index contributed by atoms with van der Waals surface area (Å²) in [4.78, 5) is 59.1. The van der Waals surface area contributed by atoms with Crippen LogP contribution in [0.3, 0.4) is 0 Å². The Bertz CT molecular complexity index is 5270. The van der Waals surface area contributed by atoms with Gasteiger partial charge < -0.3 is 14.7 Å². The summed E-state index contributed by atoms with van der Waals surface area (Å²) in [5.41, 5.74) is 24.6. The molecule has 2 unspecified atom stereocenters. The Labute approximate surface area is 869 Å². The second-order valence-electron chi connectivity index (χ2n) is 43.8. The van der Waals surface area contributed by atoms with Crippen LogP contribution in [0.25, 0.3) is 62.3 Å². The first-order valence-electron chi connectivity index (χ1n) is 58.1. The molecule has 4 aromatic carbocycles. The van der Waals surface area contributed by atoms with Gasteiger partial charge in [0, 0.05) is 83.3 Å². The second kappa shape index (κ2) is 57.4. The topological polar surface area (TPSA) is 60.9 Å². The second-order valence-corrected chi connectivity index (χ2v) is 53.8. The smallest absolute Gasteiger partial charge is 0.256 e. The fourth-order valence-electron chi connectivity index (χ4n) is 24.6. The molecule has 0 bridgehead atoms. The van der Waals surface area contributed by atoms with E-state index in [2.05, 4.69) is 205 Å². The van der Waals surface area contributed by atoms with Gasteiger partial charge in [0.2, 0.25) is 0 Å². The summed E-state index contributed by atoms with van der Waals surface area (Å²) in [6, 6.07) is 32.1. The van der Waals surface area contributed by atoms with E-state index in [9.17, 15) is 14.4 Å². The maximum absolute atomic E-state index is 14.1. The maximum atomic E-state index is 14.1.